The van der Waals surface area contributed by atoms with E-state index in [1.165, 1.54) is 5.56 Å². The smallest absolute Gasteiger partial charge is 0.277 e. The standard InChI is InChI=1S/C24H26N2O3/c1-4-28-23-14-11-19-7-5-6-8-21(19)22(23)15-25-26-24(27)16-29-20-12-9-18(10-13-20)17(2)3/h5-15,17H,4,16H2,1-3H3,(H,26,27)/b25-15+. The quantitative estimate of drug-likeness (QED) is 0.440. The lowest BCUT2D eigenvalue weighted by Crippen LogP contribution is -2.24. The molecule has 0 fully saturated rings. The summed E-state index contributed by atoms with van der Waals surface area (Å²) in [5.74, 6) is 1.51. The summed E-state index contributed by atoms with van der Waals surface area (Å²) in [5, 5.41) is 6.19. The molecule has 1 N–H and O–H groups in total. The van der Waals surface area contributed by atoms with Crippen LogP contribution >= 0.6 is 0 Å². The summed E-state index contributed by atoms with van der Waals surface area (Å²) < 4.78 is 11.2. The maximum Gasteiger partial charge on any atom is 0.277 e. The van der Waals surface area contributed by atoms with Gasteiger partial charge in [-0.3, -0.25) is 4.79 Å². The van der Waals surface area contributed by atoms with Gasteiger partial charge in [0.25, 0.3) is 5.91 Å². The summed E-state index contributed by atoms with van der Waals surface area (Å²) in [5.41, 5.74) is 4.57. The number of carbonyl (C=O) groups excluding carboxylic acids is 1. The van der Waals surface area contributed by atoms with E-state index in [1.807, 2.05) is 67.6 Å². The van der Waals surface area contributed by atoms with Crippen molar-refractivity contribution in [3.05, 3.63) is 71.8 Å². The maximum atomic E-state index is 12.1. The van der Waals surface area contributed by atoms with Crippen molar-refractivity contribution in [3.8, 4) is 11.5 Å². The highest BCUT2D eigenvalue weighted by molar-refractivity contribution is 6.02. The van der Waals surface area contributed by atoms with Crippen LogP contribution in [-0.4, -0.2) is 25.3 Å². The number of nitrogens with one attached hydrogen (secondary N) is 1. The molecule has 5 heteroatoms. The van der Waals surface area contributed by atoms with Crippen molar-refractivity contribution in [1.82, 2.24) is 5.43 Å². The van der Waals surface area contributed by atoms with E-state index in [9.17, 15) is 4.79 Å². The Hall–Kier alpha value is -3.34. The van der Waals surface area contributed by atoms with Crippen LogP contribution in [0.1, 0.15) is 37.8 Å². The van der Waals surface area contributed by atoms with E-state index in [0.29, 0.717) is 18.3 Å². The average molecular weight is 390 g/mol. The normalized spacial score (nSPS) is 11.2. The van der Waals surface area contributed by atoms with Gasteiger partial charge in [-0.1, -0.05) is 56.3 Å². The van der Waals surface area contributed by atoms with E-state index in [-0.39, 0.29) is 12.5 Å². The van der Waals surface area contributed by atoms with Crippen molar-refractivity contribution in [2.45, 2.75) is 26.7 Å². The van der Waals surface area contributed by atoms with Gasteiger partial charge in [-0.15, -0.1) is 0 Å². The van der Waals surface area contributed by atoms with E-state index >= 15 is 0 Å². The van der Waals surface area contributed by atoms with Crippen molar-refractivity contribution < 1.29 is 14.3 Å². The third-order valence-electron chi connectivity index (χ3n) is 4.53. The highest BCUT2D eigenvalue weighted by Crippen LogP contribution is 2.26. The molecule has 5 nitrogen and oxygen atoms in total. The fourth-order valence-electron chi connectivity index (χ4n) is 2.99. The zero-order valence-electron chi connectivity index (χ0n) is 17.0. The van der Waals surface area contributed by atoms with Crippen molar-refractivity contribution in [2.24, 2.45) is 5.10 Å². The predicted molar refractivity (Wildman–Crippen MR) is 117 cm³/mol. The van der Waals surface area contributed by atoms with Crippen molar-refractivity contribution >= 4 is 22.9 Å². The molecular weight excluding hydrogens is 364 g/mol. The SMILES string of the molecule is CCOc1ccc2ccccc2c1/C=N/NC(=O)COc1ccc(C(C)C)cc1. The molecule has 0 unspecified atom stereocenters. The molecular formula is C24H26N2O3. The second-order valence-electron chi connectivity index (χ2n) is 6.94. The molecule has 0 heterocycles. The first-order valence-electron chi connectivity index (χ1n) is 9.77. The fourth-order valence-corrected chi connectivity index (χ4v) is 2.99. The molecule has 0 atom stereocenters. The molecule has 3 aromatic rings. The molecule has 0 saturated carbocycles. The molecule has 0 aliphatic carbocycles. The Morgan fingerprint density at radius 2 is 1.79 bits per heavy atom. The zero-order chi connectivity index (χ0) is 20.6. The largest absolute Gasteiger partial charge is 0.493 e. The predicted octanol–water partition coefficient (Wildman–Crippen LogP) is 4.89. The molecule has 3 aromatic carbocycles. The Bertz CT molecular complexity index is 995. The first-order chi connectivity index (χ1) is 14.1. The van der Waals surface area contributed by atoms with Gasteiger partial charge >= 0.3 is 0 Å². The number of hydrazone groups is 1. The maximum absolute atomic E-state index is 12.1. The number of ether oxygens (including phenoxy) is 2. The first-order valence-corrected chi connectivity index (χ1v) is 9.77. The minimum Gasteiger partial charge on any atom is -0.493 e. The highest BCUT2D eigenvalue weighted by Gasteiger charge is 2.07. The lowest BCUT2D eigenvalue weighted by Gasteiger charge is -2.10. The minimum absolute atomic E-state index is 0.105. The van der Waals surface area contributed by atoms with Crippen LogP contribution in [0.5, 0.6) is 11.5 Å². The Morgan fingerprint density at radius 3 is 2.52 bits per heavy atom. The van der Waals surface area contributed by atoms with Crippen LogP contribution in [0.3, 0.4) is 0 Å². The molecule has 0 spiro atoms. The number of hydrogen-bond acceptors (Lipinski definition) is 4. The van der Waals surface area contributed by atoms with Gasteiger partial charge in [0.2, 0.25) is 0 Å². The molecule has 0 saturated heterocycles. The van der Waals surface area contributed by atoms with Crippen LogP contribution in [0.25, 0.3) is 10.8 Å². The number of benzene rings is 3. The number of fused-ring (bicyclic) bond motifs is 1. The second kappa shape index (κ2) is 9.73. The Balaban J connectivity index is 1.63. The van der Waals surface area contributed by atoms with Gasteiger partial charge in [0.15, 0.2) is 6.61 Å². The fraction of sp³-hybridized carbons (Fsp3) is 0.250. The van der Waals surface area contributed by atoms with Crippen molar-refractivity contribution in [3.63, 3.8) is 0 Å². The Morgan fingerprint density at radius 1 is 1.03 bits per heavy atom. The molecule has 29 heavy (non-hydrogen) atoms. The molecule has 0 bridgehead atoms. The lowest BCUT2D eigenvalue weighted by atomic mass is 10.0. The van der Waals surface area contributed by atoms with Gasteiger partial charge in [-0.05, 0) is 47.4 Å². The monoisotopic (exact) mass is 390 g/mol. The van der Waals surface area contributed by atoms with Crippen molar-refractivity contribution in [2.75, 3.05) is 13.2 Å². The summed E-state index contributed by atoms with van der Waals surface area (Å²) in [7, 11) is 0. The Labute approximate surface area is 171 Å². The number of nitrogens with zero attached hydrogens (tertiary/aromatic N) is 1. The number of rotatable bonds is 8. The molecule has 1 amide bonds. The highest BCUT2D eigenvalue weighted by atomic mass is 16.5. The van der Waals surface area contributed by atoms with Gasteiger partial charge < -0.3 is 9.47 Å². The van der Waals surface area contributed by atoms with E-state index < -0.39 is 0 Å². The zero-order valence-corrected chi connectivity index (χ0v) is 17.0. The molecule has 0 radical (unpaired) electrons. The van der Waals surface area contributed by atoms with Crippen LogP contribution < -0.4 is 14.9 Å². The van der Waals surface area contributed by atoms with Crippen molar-refractivity contribution in [1.29, 1.82) is 0 Å². The molecule has 0 aromatic heterocycles. The summed E-state index contributed by atoms with van der Waals surface area (Å²) in [6, 6.07) is 19.7. The third-order valence-corrected chi connectivity index (χ3v) is 4.53. The summed E-state index contributed by atoms with van der Waals surface area (Å²) in [6.45, 7) is 6.65. The van der Waals surface area contributed by atoms with Crippen LogP contribution in [0.15, 0.2) is 65.8 Å². The lowest BCUT2D eigenvalue weighted by molar-refractivity contribution is -0.123. The summed E-state index contributed by atoms with van der Waals surface area (Å²) in [6.07, 6.45) is 1.61. The van der Waals surface area contributed by atoms with Gasteiger partial charge in [0, 0.05) is 5.56 Å². The minimum atomic E-state index is -0.326. The Kier molecular flexibility index (Phi) is 6.85. The third kappa shape index (κ3) is 5.35. The van der Waals surface area contributed by atoms with Gasteiger partial charge in [-0.2, -0.15) is 5.10 Å². The second-order valence-corrected chi connectivity index (χ2v) is 6.94. The number of carbonyl (C=O) groups is 1. The van der Waals surface area contributed by atoms with Gasteiger partial charge in [0.05, 0.1) is 12.8 Å². The van der Waals surface area contributed by atoms with Crippen LogP contribution in [-0.2, 0) is 4.79 Å². The van der Waals surface area contributed by atoms with Gasteiger partial charge in [-0.25, -0.2) is 5.43 Å². The van der Waals surface area contributed by atoms with Crippen LogP contribution in [0.2, 0.25) is 0 Å². The molecule has 3 rings (SSSR count). The van der Waals surface area contributed by atoms with Crippen LogP contribution in [0, 0.1) is 0 Å². The van der Waals surface area contributed by atoms with Crippen LogP contribution in [0.4, 0.5) is 0 Å². The van der Waals surface area contributed by atoms with E-state index in [0.717, 1.165) is 22.1 Å². The first kappa shape index (κ1) is 20.4. The van der Waals surface area contributed by atoms with Gasteiger partial charge in [0.1, 0.15) is 11.5 Å². The average Bonchev–Trinajstić information content (AvgIpc) is 2.74. The topological polar surface area (TPSA) is 59.9 Å². The number of hydrogen-bond donors (Lipinski definition) is 1. The molecule has 150 valence electrons. The summed E-state index contributed by atoms with van der Waals surface area (Å²) >= 11 is 0. The molecule has 0 aliphatic rings. The van der Waals surface area contributed by atoms with E-state index in [4.69, 9.17) is 9.47 Å². The molecule has 0 aliphatic heterocycles. The van der Waals surface area contributed by atoms with E-state index in [1.54, 1.807) is 6.21 Å². The van der Waals surface area contributed by atoms with E-state index in [2.05, 4.69) is 24.4 Å². The number of amides is 1. The summed E-state index contributed by atoms with van der Waals surface area (Å²) in [4.78, 5) is 12.1.